The molecule has 1 amide bonds. The summed E-state index contributed by atoms with van der Waals surface area (Å²) >= 11 is 0. The van der Waals surface area contributed by atoms with Crippen molar-refractivity contribution >= 4 is 16.1 Å². The van der Waals surface area contributed by atoms with Crippen LogP contribution in [-0.4, -0.2) is 43.1 Å². The number of nitrogens with zero attached hydrogens (tertiary/aromatic N) is 2. The van der Waals surface area contributed by atoms with E-state index in [2.05, 4.69) is 5.32 Å². The van der Waals surface area contributed by atoms with Crippen molar-refractivity contribution < 1.29 is 22.7 Å². The molecule has 0 aromatic heterocycles. The lowest BCUT2D eigenvalue weighted by Gasteiger charge is -2.18. The van der Waals surface area contributed by atoms with Crippen LogP contribution in [0.1, 0.15) is 17.0 Å². The molecule has 0 spiro atoms. The predicted octanol–water partition coefficient (Wildman–Crippen LogP) is 2.12. The summed E-state index contributed by atoms with van der Waals surface area (Å²) in [6.45, 7) is -0.0743. The van der Waals surface area contributed by atoms with E-state index in [4.69, 9.17) is 5.11 Å². The molecule has 2 aromatic carbocycles. The van der Waals surface area contributed by atoms with Gasteiger partial charge in [0.2, 0.25) is 10.0 Å². The molecule has 7 nitrogen and oxygen atoms in total. The Morgan fingerprint density at radius 1 is 1.19 bits per heavy atom. The maximum atomic E-state index is 13.2. The van der Waals surface area contributed by atoms with Gasteiger partial charge in [0, 0.05) is 19.0 Å². The number of hydrogen-bond donors (Lipinski definition) is 2. The number of rotatable bonds is 4. The fraction of sp³-hybridized carbons (Fsp3) is 0.222. The van der Waals surface area contributed by atoms with Gasteiger partial charge >= 0.3 is 6.09 Å². The van der Waals surface area contributed by atoms with Crippen molar-refractivity contribution in [2.75, 3.05) is 13.1 Å². The van der Waals surface area contributed by atoms with Gasteiger partial charge < -0.3 is 10.4 Å². The Balaban J connectivity index is 1.96. The number of carbonyl (C=O) groups is 1. The highest BCUT2D eigenvalue weighted by atomic mass is 32.2. The van der Waals surface area contributed by atoms with E-state index in [0.717, 1.165) is 4.31 Å². The van der Waals surface area contributed by atoms with Crippen LogP contribution in [0, 0.1) is 17.1 Å². The zero-order chi connectivity index (χ0) is 19.6. The van der Waals surface area contributed by atoms with Crippen molar-refractivity contribution in [3.8, 4) is 6.07 Å². The zero-order valence-corrected chi connectivity index (χ0v) is 14.9. The van der Waals surface area contributed by atoms with Crippen molar-refractivity contribution in [2.45, 2.75) is 16.9 Å². The third-order valence-electron chi connectivity index (χ3n) is 4.52. The maximum Gasteiger partial charge on any atom is 0.404 e. The molecule has 1 saturated heterocycles. The van der Waals surface area contributed by atoms with Crippen LogP contribution in [-0.2, 0) is 10.0 Å². The van der Waals surface area contributed by atoms with E-state index in [1.54, 1.807) is 6.07 Å². The number of hydrogen-bond acceptors (Lipinski definition) is 4. The van der Waals surface area contributed by atoms with Gasteiger partial charge in [-0.15, -0.1) is 0 Å². The number of benzene rings is 2. The number of nitrogens with one attached hydrogen (secondary N) is 1. The normalized spacial score (nSPS) is 20.1. The molecule has 27 heavy (non-hydrogen) atoms. The quantitative estimate of drug-likeness (QED) is 0.832. The van der Waals surface area contributed by atoms with Crippen LogP contribution in [0.5, 0.6) is 0 Å². The van der Waals surface area contributed by atoms with Crippen molar-refractivity contribution in [1.29, 1.82) is 5.26 Å². The molecule has 1 aliphatic heterocycles. The lowest BCUT2D eigenvalue weighted by molar-refractivity contribution is 0.189. The minimum Gasteiger partial charge on any atom is -0.465 e. The van der Waals surface area contributed by atoms with E-state index in [1.807, 2.05) is 6.07 Å². The molecule has 0 saturated carbocycles. The van der Waals surface area contributed by atoms with Gasteiger partial charge in [0.05, 0.1) is 16.5 Å². The molecular weight excluding hydrogens is 373 g/mol. The maximum absolute atomic E-state index is 13.2. The first kappa shape index (κ1) is 18.8. The summed E-state index contributed by atoms with van der Waals surface area (Å²) in [5.74, 6) is -0.919. The SMILES string of the molecule is N#Cc1ccccc1S(=O)(=O)N1C[C@@H](NC(=O)O)[C@H](c2ccc(F)cc2)C1. The van der Waals surface area contributed by atoms with Crippen LogP contribution < -0.4 is 5.32 Å². The van der Waals surface area contributed by atoms with Crippen molar-refractivity contribution in [2.24, 2.45) is 0 Å². The average molecular weight is 389 g/mol. The van der Waals surface area contributed by atoms with E-state index in [9.17, 15) is 22.9 Å². The molecule has 2 atom stereocenters. The van der Waals surface area contributed by atoms with E-state index in [0.29, 0.717) is 5.56 Å². The summed E-state index contributed by atoms with van der Waals surface area (Å²) in [5.41, 5.74) is 0.645. The predicted molar refractivity (Wildman–Crippen MR) is 94.0 cm³/mol. The Hall–Kier alpha value is -2.96. The van der Waals surface area contributed by atoms with E-state index in [1.165, 1.54) is 42.5 Å². The number of sulfonamides is 1. The molecule has 0 aliphatic carbocycles. The summed E-state index contributed by atoms with van der Waals surface area (Å²) in [6, 6.07) is 12.5. The Morgan fingerprint density at radius 2 is 1.85 bits per heavy atom. The van der Waals surface area contributed by atoms with Crippen LogP contribution >= 0.6 is 0 Å². The highest BCUT2D eigenvalue weighted by Gasteiger charge is 2.41. The monoisotopic (exact) mass is 389 g/mol. The molecule has 2 aromatic rings. The average Bonchev–Trinajstić information content (AvgIpc) is 3.06. The number of amides is 1. The van der Waals surface area contributed by atoms with Gasteiger partial charge in [0.15, 0.2) is 0 Å². The molecule has 1 aliphatic rings. The summed E-state index contributed by atoms with van der Waals surface area (Å²) in [7, 11) is -4.00. The van der Waals surface area contributed by atoms with Crippen molar-refractivity contribution in [3.63, 3.8) is 0 Å². The number of nitriles is 1. The molecular formula is C18H16FN3O4S. The van der Waals surface area contributed by atoms with Gasteiger partial charge in [-0.05, 0) is 29.8 Å². The summed E-state index contributed by atoms with van der Waals surface area (Å²) in [6.07, 6.45) is -1.27. The minimum atomic E-state index is -4.00. The fourth-order valence-corrected chi connectivity index (χ4v) is 4.87. The van der Waals surface area contributed by atoms with Crippen LogP contribution in [0.2, 0.25) is 0 Å². The van der Waals surface area contributed by atoms with Crippen molar-refractivity contribution in [3.05, 3.63) is 65.5 Å². The molecule has 140 valence electrons. The van der Waals surface area contributed by atoms with Gasteiger partial charge in [-0.2, -0.15) is 9.57 Å². The Kier molecular flexibility index (Phi) is 5.12. The van der Waals surface area contributed by atoms with Crippen LogP contribution in [0.3, 0.4) is 0 Å². The van der Waals surface area contributed by atoms with Gasteiger partial charge in [-0.3, -0.25) is 0 Å². The second-order valence-corrected chi connectivity index (χ2v) is 8.05. The van der Waals surface area contributed by atoms with Gasteiger partial charge in [-0.1, -0.05) is 24.3 Å². The summed E-state index contributed by atoms with van der Waals surface area (Å²) in [5, 5.41) is 20.6. The first-order valence-corrected chi connectivity index (χ1v) is 9.51. The molecule has 2 N–H and O–H groups in total. The molecule has 0 radical (unpaired) electrons. The second-order valence-electron chi connectivity index (χ2n) is 6.14. The number of carboxylic acid groups (broad SMARTS) is 1. The third-order valence-corrected chi connectivity index (χ3v) is 6.41. The molecule has 0 unspecified atom stereocenters. The van der Waals surface area contributed by atoms with Gasteiger partial charge in [0.25, 0.3) is 0 Å². The van der Waals surface area contributed by atoms with E-state index in [-0.39, 0.29) is 23.5 Å². The first-order chi connectivity index (χ1) is 12.8. The molecule has 0 bridgehead atoms. The Morgan fingerprint density at radius 3 is 2.48 bits per heavy atom. The van der Waals surface area contributed by atoms with Crippen molar-refractivity contribution in [1.82, 2.24) is 9.62 Å². The topological polar surface area (TPSA) is 111 Å². The molecule has 1 heterocycles. The Labute approximate surface area is 155 Å². The first-order valence-electron chi connectivity index (χ1n) is 8.07. The lowest BCUT2D eigenvalue weighted by atomic mass is 9.94. The number of halogens is 1. The van der Waals surface area contributed by atoms with Crippen LogP contribution in [0.15, 0.2) is 53.4 Å². The van der Waals surface area contributed by atoms with Gasteiger partial charge in [-0.25, -0.2) is 17.6 Å². The zero-order valence-electron chi connectivity index (χ0n) is 14.0. The van der Waals surface area contributed by atoms with Gasteiger partial charge in [0.1, 0.15) is 11.9 Å². The van der Waals surface area contributed by atoms with E-state index >= 15 is 0 Å². The second kappa shape index (κ2) is 7.34. The molecule has 1 fully saturated rings. The lowest BCUT2D eigenvalue weighted by Crippen LogP contribution is -2.39. The smallest absolute Gasteiger partial charge is 0.404 e. The summed E-state index contributed by atoms with van der Waals surface area (Å²) < 4.78 is 40.4. The highest BCUT2D eigenvalue weighted by Crippen LogP contribution is 2.32. The molecule has 3 rings (SSSR count). The van der Waals surface area contributed by atoms with E-state index < -0.39 is 33.9 Å². The third kappa shape index (κ3) is 3.77. The largest absolute Gasteiger partial charge is 0.465 e. The summed E-state index contributed by atoms with van der Waals surface area (Å²) in [4.78, 5) is 11.0. The highest BCUT2D eigenvalue weighted by molar-refractivity contribution is 7.89. The standard InChI is InChI=1S/C18H16FN3O4S/c19-14-7-5-12(6-8-14)15-10-22(11-16(15)21-18(23)24)27(25,26)17-4-2-1-3-13(17)9-20/h1-8,15-16,21H,10-11H2,(H,23,24)/t15-,16+/m0/s1. The Bertz CT molecular complexity index is 1000. The van der Waals surface area contributed by atoms with Crippen LogP contribution in [0.25, 0.3) is 0 Å². The minimum absolute atomic E-state index is 0.0126. The van der Waals surface area contributed by atoms with Crippen LogP contribution in [0.4, 0.5) is 9.18 Å². The molecule has 9 heteroatoms. The fourth-order valence-electron chi connectivity index (χ4n) is 3.24.